The monoisotopic (exact) mass is 324 g/mol. The summed E-state index contributed by atoms with van der Waals surface area (Å²) in [6.07, 6.45) is 1.38. The molecule has 0 aromatic heterocycles. The van der Waals surface area contributed by atoms with Gasteiger partial charge in [0.25, 0.3) is 0 Å². The summed E-state index contributed by atoms with van der Waals surface area (Å²) in [5.41, 5.74) is 15.6. The lowest BCUT2D eigenvalue weighted by molar-refractivity contribution is -0.136. The molecule has 0 radical (unpaired) electrons. The first-order chi connectivity index (χ1) is 11.5. The van der Waals surface area contributed by atoms with E-state index in [1.54, 1.807) is 0 Å². The molecule has 1 unspecified atom stereocenters. The number of rotatable bonds is 7. The Morgan fingerprint density at radius 1 is 1.08 bits per heavy atom. The molecule has 0 saturated heterocycles. The molecular formula is C19H25BN2O2. The maximum atomic E-state index is 12.3. The smallest absolute Gasteiger partial charge is 0.429 e. The molecule has 0 heterocycles. The van der Waals surface area contributed by atoms with Crippen LogP contribution in [0.2, 0.25) is 0 Å². The Labute approximate surface area is 144 Å². The van der Waals surface area contributed by atoms with Crippen LogP contribution in [0, 0.1) is 6.92 Å². The first kappa shape index (κ1) is 18.2. The van der Waals surface area contributed by atoms with E-state index in [1.807, 2.05) is 43.3 Å². The number of carbonyl (C=O) groups excluding carboxylic acids is 1. The number of hydrogen-bond donors (Lipinski definition) is 2. The third-order valence-corrected chi connectivity index (χ3v) is 4.09. The molecule has 1 atom stereocenters. The van der Waals surface area contributed by atoms with Crippen molar-refractivity contribution in [3.05, 3.63) is 59.7 Å². The van der Waals surface area contributed by atoms with Gasteiger partial charge in [-0.25, -0.2) is 0 Å². The summed E-state index contributed by atoms with van der Waals surface area (Å²) >= 11 is 0. The van der Waals surface area contributed by atoms with E-state index in [0.29, 0.717) is 13.0 Å². The Balaban J connectivity index is 2.29. The number of nitrogens with two attached hydrogens (primary N) is 2. The largest absolute Gasteiger partial charge is 0.525 e. The molecule has 2 aromatic rings. The van der Waals surface area contributed by atoms with Gasteiger partial charge < -0.3 is 16.1 Å². The second-order valence-electron chi connectivity index (χ2n) is 6.01. The van der Waals surface area contributed by atoms with Crippen LogP contribution in [0.1, 0.15) is 24.5 Å². The maximum Gasteiger partial charge on any atom is 0.429 e. The van der Waals surface area contributed by atoms with Gasteiger partial charge in [0, 0.05) is 0 Å². The van der Waals surface area contributed by atoms with E-state index in [1.165, 1.54) is 5.56 Å². The summed E-state index contributed by atoms with van der Waals surface area (Å²) in [7, 11) is 0. The summed E-state index contributed by atoms with van der Waals surface area (Å²) in [4.78, 5) is 12.3. The summed E-state index contributed by atoms with van der Waals surface area (Å²) in [5.74, 6) is -0.425. The van der Waals surface area contributed by atoms with Crippen molar-refractivity contribution < 1.29 is 9.45 Å². The highest BCUT2D eigenvalue weighted by Crippen LogP contribution is 2.03. The molecule has 0 aliphatic heterocycles. The molecule has 2 rings (SSSR count). The quantitative estimate of drug-likeness (QED) is 0.741. The molecule has 0 amide bonds. The average molecular weight is 324 g/mol. The Kier molecular flexibility index (Phi) is 6.58. The van der Waals surface area contributed by atoms with E-state index in [0.717, 1.165) is 22.9 Å². The van der Waals surface area contributed by atoms with E-state index in [2.05, 4.69) is 19.1 Å². The van der Waals surface area contributed by atoms with Crippen molar-refractivity contribution in [1.82, 2.24) is 0 Å². The van der Waals surface area contributed by atoms with Gasteiger partial charge in [0.15, 0.2) is 0 Å². The van der Waals surface area contributed by atoms with Crippen molar-refractivity contribution in [2.24, 2.45) is 11.5 Å². The van der Waals surface area contributed by atoms with Crippen LogP contribution >= 0.6 is 0 Å². The maximum absolute atomic E-state index is 12.3. The summed E-state index contributed by atoms with van der Waals surface area (Å²) in [6, 6.07) is 15.4. The first-order valence-corrected chi connectivity index (χ1v) is 8.36. The molecule has 24 heavy (non-hydrogen) atoms. The zero-order valence-electron chi connectivity index (χ0n) is 14.4. The fraction of sp³-hybridized carbons (Fsp3) is 0.316. The Morgan fingerprint density at radius 3 is 2.12 bits per heavy atom. The van der Waals surface area contributed by atoms with Gasteiger partial charge in [-0.3, -0.25) is 4.79 Å². The highest BCUT2D eigenvalue weighted by Gasteiger charge is 2.28. The SMILES string of the molecule is CCc1ccc(B(OC(=O)C(N)CCN)c2ccc(C)cc2)cc1. The highest BCUT2D eigenvalue weighted by atomic mass is 16.5. The van der Waals surface area contributed by atoms with Gasteiger partial charge >= 0.3 is 12.9 Å². The van der Waals surface area contributed by atoms with Gasteiger partial charge in [-0.05, 0) is 42.8 Å². The minimum absolute atomic E-state index is 0.358. The number of aryl methyl sites for hydroxylation is 2. The summed E-state index contributed by atoms with van der Waals surface area (Å²) < 4.78 is 5.73. The van der Waals surface area contributed by atoms with E-state index >= 15 is 0 Å². The fourth-order valence-electron chi connectivity index (χ4n) is 2.50. The molecule has 4 N–H and O–H groups in total. The summed E-state index contributed by atoms with van der Waals surface area (Å²) in [5, 5.41) is 0. The minimum Gasteiger partial charge on any atom is -0.525 e. The van der Waals surface area contributed by atoms with Crippen molar-refractivity contribution in [2.75, 3.05) is 6.54 Å². The molecule has 0 aliphatic carbocycles. The van der Waals surface area contributed by atoms with Crippen molar-refractivity contribution in [3.8, 4) is 0 Å². The van der Waals surface area contributed by atoms with Gasteiger partial charge in [0.05, 0.1) is 0 Å². The zero-order chi connectivity index (χ0) is 17.5. The normalized spacial score (nSPS) is 11.8. The molecule has 0 fully saturated rings. The van der Waals surface area contributed by atoms with E-state index < -0.39 is 18.9 Å². The molecule has 0 saturated carbocycles. The Bertz CT molecular complexity index is 656. The summed E-state index contributed by atoms with van der Waals surface area (Å²) in [6.45, 7) is 4.03. The molecule has 0 spiro atoms. The second kappa shape index (κ2) is 8.66. The third kappa shape index (κ3) is 4.70. The molecule has 0 bridgehead atoms. The Hall–Kier alpha value is -2.11. The van der Waals surface area contributed by atoms with E-state index in [9.17, 15) is 4.79 Å². The molecule has 0 aliphatic rings. The predicted molar refractivity (Wildman–Crippen MR) is 99.8 cm³/mol. The second-order valence-corrected chi connectivity index (χ2v) is 6.01. The van der Waals surface area contributed by atoms with Crippen LogP contribution in [0.15, 0.2) is 48.5 Å². The zero-order valence-corrected chi connectivity index (χ0v) is 14.4. The first-order valence-electron chi connectivity index (χ1n) is 8.36. The van der Waals surface area contributed by atoms with Crippen LogP contribution in [0.5, 0.6) is 0 Å². The van der Waals surface area contributed by atoms with Crippen molar-refractivity contribution in [1.29, 1.82) is 0 Å². The van der Waals surface area contributed by atoms with Gasteiger partial charge in [-0.1, -0.05) is 61.0 Å². The van der Waals surface area contributed by atoms with Crippen LogP contribution in [0.25, 0.3) is 0 Å². The lowest BCUT2D eigenvalue weighted by atomic mass is 9.55. The number of hydrogen-bond acceptors (Lipinski definition) is 4. The lowest BCUT2D eigenvalue weighted by Crippen LogP contribution is -2.49. The van der Waals surface area contributed by atoms with Crippen molar-refractivity contribution in [3.63, 3.8) is 0 Å². The molecular weight excluding hydrogens is 299 g/mol. The third-order valence-electron chi connectivity index (χ3n) is 4.09. The average Bonchev–Trinajstić information content (AvgIpc) is 2.60. The van der Waals surface area contributed by atoms with Gasteiger partial charge in [0.1, 0.15) is 6.04 Å². The van der Waals surface area contributed by atoms with Gasteiger partial charge in [-0.15, -0.1) is 0 Å². The number of benzene rings is 2. The molecule has 2 aromatic carbocycles. The molecule has 126 valence electrons. The van der Waals surface area contributed by atoms with Crippen LogP contribution in [-0.2, 0) is 15.9 Å². The standard InChI is InChI=1S/C19H25BN2O2/c1-3-15-6-10-17(11-7-15)20(16-8-4-14(2)5-9-16)24-19(23)18(22)12-13-21/h4-11,18H,3,12-13,21-22H2,1-2H3. The highest BCUT2D eigenvalue weighted by molar-refractivity contribution is 6.81. The Morgan fingerprint density at radius 2 is 1.62 bits per heavy atom. The van der Waals surface area contributed by atoms with E-state index in [-0.39, 0.29) is 0 Å². The van der Waals surface area contributed by atoms with Crippen LogP contribution in [-0.4, -0.2) is 25.5 Å². The fourth-order valence-corrected chi connectivity index (χ4v) is 2.50. The van der Waals surface area contributed by atoms with Crippen molar-refractivity contribution >= 4 is 23.8 Å². The molecule has 4 nitrogen and oxygen atoms in total. The predicted octanol–water partition coefficient (Wildman–Crippen LogP) is 0.882. The van der Waals surface area contributed by atoms with E-state index in [4.69, 9.17) is 16.1 Å². The van der Waals surface area contributed by atoms with Crippen LogP contribution < -0.4 is 22.4 Å². The van der Waals surface area contributed by atoms with Gasteiger partial charge in [0.2, 0.25) is 0 Å². The lowest BCUT2D eigenvalue weighted by Gasteiger charge is -2.18. The topological polar surface area (TPSA) is 78.3 Å². The van der Waals surface area contributed by atoms with Crippen LogP contribution in [0.3, 0.4) is 0 Å². The minimum atomic E-state index is -0.696. The number of carbonyl (C=O) groups is 1. The molecule has 5 heteroatoms. The van der Waals surface area contributed by atoms with Crippen LogP contribution in [0.4, 0.5) is 0 Å². The van der Waals surface area contributed by atoms with Gasteiger partial charge in [-0.2, -0.15) is 0 Å². The van der Waals surface area contributed by atoms with Crippen molar-refractivity contribution in [2.45, 2.75) is 32.7 Å².